The lowest BCUT2D eigenvalue weighted by Crippen LogP contribution is -2.10. The van der Waals surface area contributed by atoms with E-state index in [2.05, 4.69) is 26.0 Å². The van der Waals surface area contributed by atoms with Crippen LogP contribution in [0, 0.1) is 11.2 Å². The second-order valence-electron chi connectivity index (χ2n) is 10.7. The number of methoxy groups -OCH3 is 1. The Morgan fingerprint density at radius 1 is 0.974 bits per heavy atom. The van der Waals surface area contributed by atoms with Gasteiger partial charge in [0.25, 0.3) is 0 Å². The molecule has 3 aromatic carbocycles. The Bertz CT molecular complexity index is 1440. The van der Waals surface area contributed by atoms with Gasteiger partial charge in [0.15, 0.2) is 0 Å². The van der Waals surface area contributed by atoms with Crippen molar-refractivity contribution in [3.05, 3.63) is 94.8 Å². The summed E-state index contributed by atoms with van der Waals surface area (Å²) in [4.78, 5) is 11.4. The van der Waals surface area contributed by atoms with Gasteiger partial charge in [0.1, 0.15) is 23.9 Å². The molecule has 2 aliphatic rings. The van der Waals surface area contributed by atoms with Crippen molar-refractivity contribution in [2.45, 2.75) is 52.6 Å². The number of carboxylic acids is 1. The van der Waals surface area contributed by atoms with Gasteiger partial charge in [-0.05, 0) is 101 Å². The first-order chi connectivity index (χ1) is 18.2. The van der Waals surface area contributed by atoms with Crippen molar-refractivity contribution < 1.29 is 23.8 Å². The molecule has 196 valence electrons. The molecule has 38 heavy (non-hydrogen) atoms. The zero-order chi connectivity index (χ0) is 26.9. The smallest absolute Gasteiger partial charge is 0.307 e. The van der Waals surface area contributed by atoms with Crippen LogP contribution in [0.3, 0.4) is 0 Å². The molecule has 0 amide bonds. The van der Waals surface area contributed by atoms with E-state index in [1.54, 1.807) is 19.2 Å². The van der Waals surface area contributed by atoms with Crippen molar-refractivity contribution in [1.29, 1.82) is 0 Å². The number of carbonyl (C=O) groups is 1. The third-order valence-corrected chi connectivity index (χ3v) is 7.53. The SMILES string of the molecule is COc1ccc(F)c(-c2ccc(COc3cccc(C(CC(=O)O)=C4CC4)c3)cc2C2=CCCC2(C)C)c1. The number of rotatable bonds is 9. The summed E-state index contributed by atoms with van der Waals surface area (Å²) in [6.45, 7) is 4.81. The lowest BCUT2D eigenvalue weighted by Gasteiger charge is -2.25. The van der Waals surface area contributed by atoms with Gasteiger partial charge in [-0.15, -0.1) is 0 Å². The maximum Gasteiger partial charge on any atom is 0.307 e. The molecule has 0 bridgehead atoms. The van der Waals surface area contributed by atoms with E-state index in [1.807, 2.05) is 36.4 Å². The van der Waals surface area contributed by atoms with Crippen LogP contribution in [0.4, 0.5) is 4.39 Å². The zero-order valence-corrected chi connectivity index (χ0v) is 22.1. The molecule has 1 N–H and O–H groups in total. The largest absolute Gasteiger partial charge is 0.497 e. The molecule has 0 heterocycles. The lowest BCUT2D eigenvalue weighted by molar-refractivity contribution is -0.135. The summed E-state index contributed by atoms with van der Waals surface area (Å²) in [5.41, 5.74) is 7.54. The van der Waals surface area contributed by atoms with Crippen molar-refractivity contribution >= 4 is 17.1 Å². The Hall–Kier alpha value is -3.86. The van der Waals surface area contributed by atoms with Gasteiger partial charge in [-0.1, -0.05) is 49.8 Å². The van der Waals surface area contributed by atoms with Gasteiger partial charge in [-0.2, -0.15) is 0 Å². The molecule has 0 spiro atoms. The molecule has 0 saturated heterocycles. The third kappa shape index (κ3) is 5.52. The molecule has 1 saturated carbocycles. The fourth-order valence-electron chi connectivity index (χ4n) is 5.33. The topological polar surface area (TPSA) is 55.8 Å². The summed E-state index contributed by atoms with van der Waals surface area (Å²) >= 11 is 0. The van der Waals surface area contributed by atoms with Gasteiger partial charge >= 0.3 is 5.97 Å². The monoisotopic (exact) mass is 512 g/mol. The summed E-state index contributed by atoms with van der Waals surface area (Å²) in [5.74, 6) is 0.195. The second-order valence-corrected chi connectivity index (χ2v) is 10.7. The summed E-state index contributed by atoms with van der Waals surface area (Å²) in [7, 11) is 1.59. The number of aliphatic carboxylic acids is 1. The molecule has 2 aliphatic carbocycles. The van der Waals surface area contributed by atoms with Gasteiger partial charge < -0.3 is 14.6 Å². The average molecular weight is 513 g/mol. The first-order valence-corrected chi connectivity index (χ1v) is 13.1. The minimum absolute atomic E-state index is 0.0191. The quantitative estimate of drug-likeness (QED) is 0.313. The minimum atomic E-state index is -0.824. The molecule has 0 unspecified atom stereocenters. The molecule has 5 heteroatoms. The summed E-state index contributed by atoms with van der Waals surface area (Å²) in [6, 6.07) is 18.6. The highest BCUT2D eigenvalue weighted by Gasteiger charge is 2.30. The first kappa shape index (κ1) is 25.8. The molecule has 0 atom stereocenters. The van der Waals surface area contributed by atoms with Crippen molar-refractivity contribution in [3.63, 3.8) is 0 Å². The normalized spacial score (nSPS) is 15.7. The van der Waals surface area contributed by atoms with E-state index in [0.29, 0.717) is 23.7 Å². The van der Waals surface area contributed by atoms with Crippen LogP contribution in [0.2, 0.25) is 0 Å². The predicted octanol–water partition coefficient (Wildman–Crippen LogP) is 8.31. The first-order valence-electron chi connectivity index (χ1n) is 13.1. The Morgan fingerprint density at radius 2 is 1.79 bits per heavy atom. The van der Waals surface area contributed by atoms with Gasteiger partial charge in [0.05, 0.1) is 13.5 Å². The molecule has 0 aliphatic heterocycles. The van der Waals surface area contributed by atoms with Crippen LogP contribution >= 0.6 is 0 Å². The number of allylic oxidation sites excluding steroid dienone is 3. The number of ether oxygens (including phenoxy) is 2. The molecule has 5 rings (SSSR count). The van der Waals surface area contributed by atoms with Gasteiger partial charge in [0.2, 0.25) is 0 Å². The minimum Gasteiger partial charge on any atom is -0.497 e. The maximum absolute atomic E-state index is 15.0. The molecule has 0 radical (unpaired) electrons. The zero-order valence-electron chi connectivity index (χ0n) is 22.1. The van der Waals surface area contributed by atoms with Crippen LogP contribution < -0.4 is 9.47 Å². The van der Waals surface area contributed by atoms with Crippen LogP contribution in [0.15, 0.2) is 72.3 Å². The Morgan fingerprint density at radius 3 is 2.47 bits per heavy atom. The number of hydrogen-bond acceptors (Lipinski definition) is 3. The highest BCUT2D eigenvalue weighted by molar-refractivity contribution is 5.87. The number of halogens is 1. The van der Waals surface area contributed by atoms with Gasteiger partial charge in [-0.3, -0.25) is 4.79 Å². The van der Waals surface area contributed by atoms with Crippen molar-refractivity contribution in [2.75, 3.05) is 7.11 Å². The Balaban J connectivity index is 1.46. The van der Waals surface area contributed by atoms with E-state index >= 15 is 4.39 Å². The van der Waals surface area contributed by atoms with E-state index in [0.717, 1.165) is 53.5 Å². The summed E-state index contributed by atoms with van der Waals surface area (Å²) in [6.07, 6.45) is 6.25. The van der Waals surface area contributed by atoms with Crippen LogP contribution in [-0.4, -0.2) is 18.2 Å². The number of benzene rings is 3. The van der Waals surface area contributed by atoms with E-state index in [9.17, 15) is 9.90 Å². The van der Waals surface area contributed by atoms with Crippen LogP contribution in [0.25, 0.3) is 22.3 Å². The van der Waals surface area contributed by atoms with Gasteiger partial charge in [-0.25, -0.2) is 4.39 Å². The predicted molar refractivity (Wildman–Crippen MR) is 149 cm³/mol. The van der Waals surface area contributed by atoms with E-state index in [1.165, 1.54) is 17.2 Å². The fraction of sp³-hybridized carbons (Fsp3) is 0.303. The fourth-order valence-corrected chi connectivity index (χ4v) is 5.33. The third-order valence-electron chi connectivity index (χ3n) is 7.53. The lowest BCUT2D eigenvalue weighted by atomic mass is 9.79. The highest BCUT2D eigenvalue weighted by atomic mass is 19.1. The van der Waals surface area contributed by atoms with E-state index < -0.39 is 5.97 Å². The molecule has 1 fully saturated rings. The molecule has 3 aromatic rings. The molecule has 4 nitrogen and oxygen atoms in total. The van der Waals surface area contributed by atoms with Crippen LogP contribution in [0.1, 0.15) is 62.6 Å². The van der Waals surface area contributed by atoms with Crippen molar-refractivity contribution in [3.8, 4) is 22.6 Å². The number of hydrogen-bond donors (Lipinski definition) is 1. The van der Waals surface area contributed by atoms with Crippen LogP contribution in [0.5, 0.6) is 11.5 Å². The van der Waals surface area contributed by atoms with Crippen LogP contribution in [-0.2, 0) is 11.4 Å². The molecule has 0 aromatic heterocycles. The van der Waals surface area contributed by atoms with Gasteiger partial charge in [0, 0.05) is 5.56 Å². The van der Waals surface area contributed by atoms with Crippen molar-refractivity contribution in [1.82, 2.24) is 0 Å². The number of carboxylic acid groups (broad SMARTS) is 1. The van der Waals surface area contributed by atoms with Crippen molar-refractivity contribution in [2.24, 2.45) is 5.41 Å². The Kier molecular flexibility index (Phi) is 7.11. The summed E-state index contributed by atoms with van der Waals surface area (Å²) in [5, 5.41) is 9.35. The molecular weight excluding hydrogens is 479 g/mol. The summed E-state index contributed by atoms with van der Waals surface area (Å²) < 4.78 is 26.6. The van der Waals surface area contributed by atoms with E-state index in [4.69, 9.17) is 9.47 Å². The Labute approximate surface area is 223 Å². The second kappa shape index (κ2) is 10.5. The highest BCUT2D eigenvalue weighted by Crippen LogP contribution is 2.47. The standard InChI is InChI=1S/C33H33FO4/c1-33(2)15-5-8-30(33)28-16-21(9-13-26(28)29-18-24(37-3)12-14-31(29)34)20-38-25-7-4-6-23(17-25)27(19-32(35)36)22-10-11-22/h4,6-9,12-14,16-18H,5,10-11,15,19-20H2,1-3H3,(H,35,36). The molecular formula is C33H33FO4. The average Bonchev–Trinajstić information content (AvgIpc) is 3.68. The van der Waals surface area contributed by atoms with E-state index in [-0.39, 0.29) is 17.7 Å². The maximum atomic E-state index is 15.0.